The van der Waals surface area contributed by atoms with Crippen LogP contribution >= 0.6 is 22.9 Å². The van der Waals surface area contributed by atoms with Crippen LogP contribution in [0.4, 0.5) is 0 Å². The Morgan fingerprint density at radius 1 is 1.26 bits per heavy atom. The molecule has 0 radical (unpaired) electrons. The van der Waals surface area contributed by atoms with E-state index in [2.05, 4.69) is 43.7 Å². The number of aryl methyl sites for hydroxylation is 2. The molecular formula is C25H24IN7O. The maximum atomic E-state index is 12.8. The van der Waals surface area contributed by atoms with Crippen LogP contribution in [0.1, 0.15) is 36.3 Å². The Morgan fingerprint density at radius 2 is 2.15 bits per heavy atom. The molecule has 0 unspecified atom stereocenters. The zero-order valence-corrected chi connectivity index (χ0v) is 21.0. The van der Waals surface area contributed by atoms with Crippen molar-refractivity contribution < 1.29 is 4.79 Å². The van der Waals surface area contributed by atoms with Gasteiger partial charge in [-0.3, -0.25) is 17.6 Å². The third kappa shape index (κ3) is 3.91. The summed E-state index contributed by atoms with van der Waals surface area (Å²) in [4.78, 5) is 22.0. The van der Waals surface area contributed by atoms with E-state index in [4.69, 9.17) is 10.1 Å². The van der Waals surface area contributed by atoms with Crippen molar-refractivity contribution in [3.05, 3.63) is 59.8 Å². The molecular weight excluding hydrogens is 541 g/mol. The number of halogens is 1. The Hall–Kier alpha value is -3.08. The zero-order valence-electron chi connectivity index (χ0n) is 18.9. The number of hydrogen-bond acceptors (Lipinski definition) is 5. The van der Waals surface area contributed by atoms with Crippen molar-refractivity contribution in [3.63, 3.8) is 0 Å². The van der Waals surface area contributed by atoms with Gasteiger partial charge in [-0.05, 0) is 68.9 Å². The van der Waals surface area contributed by atoms with E-state index in [9.17, 15) is 4.79 Å². The molecule has 0 aromatic carbocycles. The summed E-state index contributed by atoms with van der Waals surface area (Å²) in [5.41, 5.74) is 7.45. The second-order valence-electron chi connectivity index (χ2n) is 8.98. The lowest BCUT2D eigenvalue weighted by atomic mass is 9.97. The summed E-state index contributed by atoms with van der Waals surface area (Å²) in [6.45, 7) is 3.68. The lowest BCUT2D eigenvalue weighted by molar-refractivity contribution is -0.120. The molecule has 4 aromatic heterocycles. The molecule has 172 valence electrons. The average Bonchev–Trinajstić information content (AvgIpc) is 3.21. The Balaban J connectivity index is 1.50. The highest BCUT2D eigenvalue weighted by atomic mass is 127. The van der Waals surface area contributed by atoms with Crippen LogP contribution in [0, 0.1) is 12.8 Å². The molecule has 1 saturated carbocycles. The Morgan fingerprint density at radius 3 is 2.97 bits per heavy atom. The van der Waals surface area contributed by atoms with Crippen molar-refractivity contribution >= 4 is 40.5 Å². The smallest absolute Gasteiger partial charge is 0.255 e. The zero-order chi connectivity index (χ0) is 23.2. The number of pyridine rings is 2. The SMILES string of the molecule is Cc1cccc(-c2nn3c(c2-c2ccc4ncnn4c2/C=C/C(=O)N(I)CC2CC2)CCC3)n1. The predicted octanol–water partition coefficient (Wildman–Crippen LogP) is 4.51. The molecule has 9 heteroatoms. The molecule has 4 aromatic rings. The molecule has 0 N–H and O–H groups in total. The fourth-order valence-corrected chi connectivity index (χ4v) is 5.31. The van der Waals surface area contributed by atoms with Crippen LogP contribution in [0.25, 0.3) is 34.2 Å². The minimum atomic E-state index is -0.0172. The summed E-state index contributed by atoms with van der Waals surface area (Å²) in [7, 11) is 0. The number of carbonyl (C=O) groups is 1. The summed E-state index contributed by atoms with van der Waals surface area (Å²) in [5.74, 6) is 0.624. The molecule has 8 nitrogen and oxygen atoms in total. The number of fused-ring (bicyclic) bond motifs is 2. The largest absolute Gasteiger partial charge is 0.281 e. The molecule has 1 fully saturated rings. The van der Waals surface area contributed by atoms with Crippen molar-refractivity contribution in [1.29, 1.82) is 0 Å². The van der Waals surface area contributed by atoms with E-state index in [0.717, 1.165) is 65.5 Å². The summed E-state index contributed by atoms with van der Waals surface area (Å²) in [6.07, 6.45) is 9.49. The second-order valence-corrected chi connectivity index (χ2v) is 10.1. The maximum absolute atomic E-state index is 12.8. The van der Waals surface area contributed by atoms with Crippen LogP contribution in [0.2, 0.25) is 0 Å². The second kappa shape index (κ2) is 8.61. The highest BCUT2D eigenvalue weighted by Crippen LogP contribution is 2.39. The topological polar surface area (TPSA) is 81.2 Å². The molecule has 1 amide bonds. The van der Waals surface area contributed by atoms with E-state index in [1.807, 2.05) is 37.3 Å². The summed E-state index contributed by atoms with van der Waals surface area (Å²) in [5, 5.41) is 9.42. The van der Waals surface area contributed by atoms with Crippen molar-refractivity contribution in [2.45, 2.75) is 39.2 Å². The molecule has 1 aliphatic carbocycles. The minimum absolute atomic E-state index is 0.0172. The first-order valence-electron chi connectivity index (χ1n) is 11.6. The molecule has 1 aliphatic heterocycles. The van der Waals surface area contributed by atoms with Gasteiger partial charge in [-0.2, -0.15) is 10.2 Å². The van der Waals surface area contributed by atoms with Crippen LogP contribution < -0.4 is 0 Å². The van der Waals surface area contributed by atoms with Gasteiger partial charge in [0.1, 0.15) is 12.0 Å². The maximum Gasteiger partial charge on any atom is 0.255 e. The summed E-state index contributed by atoms with van der Waals surface area (Å²) in [6, 6.07) is 10.0. The number of amides is 1. The average molecular weight is 565 g/mol. The van der Waals surface area contributed by atoms with Crippen LogP contribution in [0.15, 0.2) is 42.7 Å². The first kappa shape index (κ1) is 21.5. The van der Waals surface area contributed by atoms with Crippen LogP contribution in [-0.4, -0.2) is 44.9 Å². The van der Waals surface area contributed by atoms with E-state index >= 15 is 0 Å². The quantitative estimate of drug-likeness (QED) is 0.195. The molecule has 0 atom stereocenters. The van der Waals surface area contributed by atoms with Crippen LogP contribution in [0.3, 0.4) is 0 Å². The number of nitrogens with zero attached hydrogens (tertiary/aromatic N) is 7. The van der Waals surface area contributed by atoms with E-state index in [-0.39, 0.29) is 5.91 Å². The monoisotopic (exact) mass is 565 g/mol. The molecule has 0 bridgehead atoms. The number of rotatable bonds is 6. The molecule has 6 rings (SSSR count). The number of aromatic nitrogens is 6. The fraction of sp³-hybridized carbons (Fsp3) is 0.320. The van der Waals surface area contributed by atoms with E-state index < -0.39 is 0 Å². The first-order chi connectivity index (χ1) is 16.6. The molecule has 0 spiro atoms. The summed E-state index contributed by atoms with van der Waals surface area (Å²) >= 11 is 2.12. The fourth-order valence-electron chi connectivity index (χ4n) is 4.60. The highest BCUT2D eigenvalue weighted by molar-refractivity contribution is 14.1. The normalized spacial score (nSPS) is 15.4. The lowest BCUT2D eigenvalue weighted by Crippen LogP contribution is -2.20. The minimum Gasteiger partial charge on any atom is -0.281 e. The van der Waals surface area contributed by atoms with Gasteiger partial charge in [-0.25, -0.2) is 9.50 Å². The third-order valence-electron chi connectivity index (χ3n) is 6.46. The van der Waals surface area contributed by atoms with E-state index in [0.29, 0.717) is 5.92 Å². The Bertz CT molecular complexity index is 1430. The van der Waals surface area contributed by atoms with Gasteiger partial charge in [0.25, 0.3) is 5.91 Å². The van der Waals surface area contributed by atoms with E-state index in [1.165, 1.54) is 18.5 Å². The van der Waals surface area contributed by atoms with Gasteiger partial charge < -0.3 is 0 Å². The highest BCUT2D eigenvalue weighted by Gasteiger charge is 2.27. The third-order valence-corrected chi connectivity index (χ3v) is 7.33. The van der Waals surface area contributed by atoms with Gasteiger partial charge >= 0.3 is 0 Å². The van der Waals surface area contributed by atoms with Gasteiger partial charge in [0.15, 0.2) is 5.65 Å². The number of carbonyl (C=O) groups excluding carboxylic acids is 1. The Kier molecular flexibility index (Phi) is 5.43. The first-order valence-corrected chi connectivity index (χ1v) is 12.6. The van der Waals surface area contributed by atoms with Gasteiger partial charge in [0.2, 0.25) is 0 Å². The lowest BCUT2D eigenvalue weighted by Gasteiger charge is -2.13. The van der Waals surface area contributed by atoms with Gasteiger partial charge in [0, 0.05) is 41.7 Å². The Labute approximate surface area is 211 Å². The molecule has 5 heterocycles. The summed E-state index contributed by atoms with van der Waals surface area (Å²) < 4.78 is 5.66. The molecule has 2 aliphatic rings. The molecule has 34 heavy (non-hydrogen) atoms. The standard InChI is InChI=1S/C25H24IN7O/c1-16-4-2-5-19(29-16)25-24(21-6-3-13-32(21)30-25)18-9-11-22-27-15-28-33(22)20(18)10-12-23(34)31(26)14-17-7-8-17/h2,4-5,9-12,15,17H,3,6-8,13-14H2,1H3/b12-10+. The predicted molar refractivity (Wildman–Crippen MR) is 138 cm³/mol. The van der Waals surface area contributed by atoms with E-state index in [1.54, 1.807) is 20.0 Å². The van der Waals surface area contributed by atoms with Crippen molar-refractivity contribution in [3.8, 4) is 22.5 Å². The van der Waals surface area contributed by atoms with Gasteiger partial charge in [-0.15, -0.1) is 0 Å². The number of hydrogen-bond donors (Lipinski definition) is 0. The van der Waals surface area contributed by atoms with Gasteiger partial charge in [0.05, 0.1) is 34.3 Å². The van der Waals surface area contributed by atoms with Crippen molar-refractivity contribution in [1.82, 2.24) is 32.5 Å². The van der Waals surface area contributed by atoms with Crippen LogP contribution in [-0.2, 0) is 17.8 Å². The van der Waals surface area contributed by atoms with Crippen molar-refractivity contribution in [2.24, 2.45) is 5.92 Å². The van der Waals surface area contributed by atoms with Crippen LogP contribution in [0.5, 0.6) is 0 Å². The van der Waals surface area contributed by atoms with Crippen molar-refractivity contribution in [2.75, 3.05) is 6.54 Å². The van der Waals surface area contributed by atoms with Gasteiger partial charge in [-0.1, -0.05) is 6.07 Å². The molecule has 0 saturated heterocycles.